The van der Waals surface area contributed by atoms with E-state index in [-0.39, 0.29) is 5.91 Å². The number of hydrogen-bond donors (Lipinski definition) is 1. The SMILES string of the molecule is Nc1cc2c(c3c1C=CC(=O)N=3)=CN=N2. The van der Waals surface area contributed by atoms with Gasteiger partial charge in [0.15, 0.2) is 0 Å². The molecule has 0 bridgehead atoms. The number of nitrogens with two attached hydrogens (primary N) is 1. The number of nitrogens with zero attached hydrogens (tertiary/aromatic N) is 3. The summed E-state index contributed by atoms with van der Waals surface area (Å²) in [5, 5.41) is 8.99. The number of amides is 1. The molecule has 0 unspecified atom stereocenters. The molecule has 2 aliphatic heterocycles. The molecule has 2 heterocycles. The van der Waals surface area contributed by atoms with Crippen LogP contribution in [0.2, 0.25) is 0 Å². The highest BCUT2D eigenvalue weighted by molar-refractivity contribution is 5.95. The predicted octanol–water partition coefficient (Wildman–Crippen LogP) is 0.277. The first-order chi connectivity index (χ1) is 7.25. The van der Waals surface area contributed by atoms with E-state index in [4.69, 9.17) is 5.73 Å². The molecule has 0 spiro atoms. The molecular weight excluding hydrogens is 192 g/mol. The molecular formula is C10H6N4O. The molecule has 0 aromatic heterocycles. The van der Waals surface area contributed by atoms with E-state index in [1.165, 1.54) is 6.08 Å². The first kappa shape index (κ1) is 8.05. The van der Waals surface area contributed by atoms with Gasteiger partial charge in [-0.1, -0.05) is 0 Å². The maximum atomic E-state index is 11.2. The summed E-state index contributed by atoms with van der Waals surface area (Å²) in [6.07, 6.45) is 4.66. The fourth-order valence-electron chi connectivity index (χ4n) is 1.66. The molecule has 0 radical (unpaired) electrons. The van der Waals surface area contributed by atoms with E-state index in [9.17, 15) is 4.79 Å². The van der Waals surface area contributed by atoms with Crippen LogP contribution < -0.4 is 16.3 Å². The summed E-state index contributed by atoms with van der Waals surface area (Å²) in [6, 6.07) is 1.73. The number of anilines is 1. The summed E-state index contributed by atoms with van der Waals surface area (Å²) in [5.41, 5.74) is 7.81. The number of rotatable bonds is 0. The average molecular weight is 198 g/mol. The lowest BCUT2D eigenvalue weighted by Crippen LogP contribution is -2.30. The number of carbonyl (C=O) groups is 1. The maximum absolute atomic E-state index is 11.2. The number of fused-ring (bicyclic) bond motifs is 3. The van der Waals surface area contributed by atoms with Gasteiger partial charge in [-0.2, -0.15) is 10.2 Å². The first-order valence-electron chi connectivity index (χ1n) is 4.40. The van der Waals surface area contributed by atoms with Crippen molar-refractivity contribution < 1.29 is 4.79 Å². The van der Waals surface area contributed by atoms with Crippen LogP contribution in [0.15, 0.2) is 27.4 Å². The lowest BCUT2D eigenvalue weighted by atomic mass is 10.1. The Morgan fingerprint density at radius 3 is 3.00 bits per heavy atom. The van der Waals surface area contributed by atoms with Gasteiger partial charge in [-0.15, -0.1) is 0 Å². The standard InChI is InChI=1S/C10H6N4O/c11-7-3-8-6(4-12-14-8)10-5(7)1-2-9(15)13-10/h1-4H,11H2. The molecule has 2 aliphatic rings. The topological polar surface area (TPSA) is 80.2 Å². The summed E-state index contributed by atoms with van der Waals surface area (Å²) < 4.78 is 0. The number of carbonyl (C=O) groups excluding carboxylic acids is 1. The summed E-state index contributed by atoms with van der Waals surface area (Å²) in [5.74, 6) is -0.282. The Balaban J connectivity index is 2.55. The van der Waals surface area contributed by atoms with Gasteiger partial charge in [-0.3, -0.25) is 4.79 Å². The van der Waals surface area contributed by atoms with Crippen LogP contribution in [-0.2, 0) is 4.79 Å². The lowest BCUT2D eigenvalue weighted by Gasteiger charge is -2.05. The molecule has 5 heteroatoms. The van der Waals surface area contributed by atoms with Crippen molar-refractivity contribution in [1.82, 2.24) is 0 Å². The molecule has 0 saturated heterocycles. The van der Waals surface area contributed by atoms with Gasteiger partial charge in [0.1, 0.15) is 0 Å². The molecule has 3 rings (SSSR count). The minimum atomic E-state index is -0.282. The zero-order chi connectivity index (χ0) is 10.4. The highest BCUT2D eigenvalue weighted by Crippen LogP contribution is 2.18. The number of azo groups is 1. The van der Waals surface area contributed by atoms with Gasteiger partial charge in [-0.05, 0) is 12.1 Å². The van der Waals surface area contributed by atoms with Crippen LogP contribution in [0.3, 0.4) is 0 Å². The van der Waals surface area contributed by atoms with Gasteiger partial charge < -0.3 is 5.73 Å². The van der Waals surface area contributed by atoms with E-state index < -0.39 is 0 Å². The number of benzene rings is 1. The van der Waals surface area contributed by atoms with E-state index in [1.807, 2.05) is 0 Å². The van der Waals surface area contributed by atoms with Crippen molar-refractivity contribution in [3.8, 4) is 0 Å². The van der Waals surface area contributed by atoms with E-state index >= 15 is 0 Å². The van der Waals surface area contributed by atoms with E-state index in [0.29, 0.717) is 16.7 Å². The van der Waals surface area contributed by atoms with Crippen LogP contribution in [0.1, 0.15) is 5.56 Å². The van der Waals surface area contributed by atoms with Crippen LogP contribution in [0, 0.1) is 0 Å². The Kier molecular flexibility index (Phi) is 1.39. The van der Waals surface area contributed by atoms with E-state index in [2.05, 4.69) is 15.2 Å². The van der Waals surface area contributed by atoms with E-state index in [0.717, 1.165) is 10.8 Å². The zero-order valence-electron chi connectivity index (χ0n) is 7.64. The first-order valence-corrected chi connectivity index (χ1v) is 4.40. The zero-order valence-corrected chi connectivity index (χ0v) is 7.64. The highest BCUT2D eigenvalue weighted by atomic mass is 16.1. The third-order valence-corrected chi connectivity index (χ3v) is 2.36. The van der Waals surface area contributed by atoms with Crippen molar-refractivity contribution in [1.29, 1.82) is 0 Å². The molecule has 0 atom stereocenters. The van der Waals surface area contributed by atoms with Crippen LogP contribution in [-0.4, -0.2) is 5.91 Å². The third-order valence-electron chi connectivity index (χ3n) is 2.36. The summed E-state index contributed by atoms with van der Waals surface area (Å²) in [7, 11) is 0. The Morgan fingerprint density at radius 1 is 1.27 bits per heavy atom. The van der Waals surface area contributed by atoms with Crippen LogP contribution in [0.4, 0.5) is 11.4 Å². The molecule has 0 fully saturated rings. The molecule has 72 valence electrons. The second-order valence-corrected chi connectivity index (χ2v) is 3.29. The van der Waals surface area contributed by atoms with Crippen LogP contribution in [0.25, 0.3) is 12.3 Å². The normalized spacial score (nSPS) is 15.6. The van der Waals surface area contributed by atoms with Gasteiger partial charge in [0.2, 0.25) is 0 Å². The Morgan fingerprint density at radius 2 is 2.13 bits per heavy atom. The molecule has 0 aliphatic carbocycles. The lowest BCUT2D eigenvalue weighted by molar-refractivity contribution is -0.113. The third kappa shape index (κ3) is 1.03. The Labute approximate surface area is 84.3 Å². The summed E-state index contributed by atoms with van der Waals surface area (Å²) in [6.45, 7) is 0. The fraction of sp³-hybridized carbons (Fsp3) is 0. The second kappa shape index (κ2) is 2.60. The molecule has 1 aromatic rings. The largest absolute Gasteiger partial charge is 0.398 e. The minimum Gasteiger partial charge on any atom is -0.398 e. The number of hydrogen-bond acceptors (Lipinski definition) is 4. The van der Waals surface area contributed by atoms with Crippen molar-refractivity contribution in [3.05, 3.63) is 28.3 Å². The summed E-state index contributed by atoms with van der Waals surface area (Å²) >= 11 is 0. The number of nitrogen functional groups attached to an aromatic ring is 1. The Bertz CT molecular complexity index is 655. The molecule has 15 heavy (non-hydrogen) atoms. The quantitative estimate of drug-likeness (QED) is 0.607. The Hall–Kier alpha value is -2.30. The molecule has 2 N–H and O–H groups in total. The van der Waals surface area contributed by atoms with Crippen LogP contribution >= 0.6 is 0 Å². The summed E-state index contributed by atoms with van der Waals surface area (Å²) in [4.78, 5) is 15.1. The van der Waals surface area contributed by atoms with Gasteiger partial charge in [-0.25, -0.2) is 4.99 Å². The van der Waals surface area contributed by atoms with Gasteiger partial charge >= 0.3 is 0 Å². The monoisotopic (exact) mass is 198 g/mol. The second-order valence-electron chi connectivity index (χ2n) is 3.29. The minimum absolute atomic E-state index is 0.282. The van der Waals surface area contributed by atoms with Gasteiger partial charge in [0.25, 0.3) is 5.91 Å². The molecule has 1 aromatic carbocycles. The van der Waals surface area contributed by atoms with Crippen molar-refractivity contribution in [3.63, 3.8) is 0 Å². The van der Waals surface area contributed by atoms with Crippen molar-refractivity contribution >= 4 is 29.6 Å². The fourth-order valence-corrected chi connectivity index (χ4v) is 1.66. The highest BCUT2D eigenvalue weighted by Gasteiger charge is 2.12. The predicted molar refractivity (Wildman–Crippen MR) is 54.7 cm³/mol. The molecule has 5 nitrogen and oxygen atoms in total. The van der Waals surface area contributed by atoms with E-state index in [1.54, 1.807) is 18.3 Å². The van der Waals surface area contributed by atoms with Crippen molar-refractivity contribution in [2.24, 2.45) is 15.2 Å². The van der Waals surface area contributed by atoms with Gasteiger partial charge in [0, 0.05) is 22.5 Å². The maximum Gasteiger partial charge on any atom is 0.270 e. The van der Waals surface area contributed by atoms with Gasteiger partial charge in [0.05, 0.1) is 17.2 Å². The van der Waals surface area contributed by atoms with Crippen molar-refractivity contribution in [2.75, 3.05) is 5.73 Å². The van der Waals surface area contributed by atoms with Crippen molar-refractivity contribution in [2.45, 2.75) is 0 Å². The smallest absolute Gasteiger partial charge is 0.270 e. The average Bonchev–Trinajstić information content (AvgIpc) is 2.65. The van der Waals surface area contributed by atoms with Crippen LogP contribution in [0.5, 0.6) is 0 Å². The molecule has 0 saturated carbocycles. The molecule has 1 amide bonds.